The lowest BCUT2D eigenvalue weighted by molar-refractivity contribution is -0.0514. The quantitative estimate of drug-likeness (QED) is 0.518. The number of ether oxygens (including phenoxy) is 2. The minimum Gasteiger partial charge on any atom is -0.492 e. The maximum Gasteiger partial charge on any atom is 0.293 e. The zero-order chi connectivity index (χ0) is 23.9. The van der Waals surface area contributed by atoms with Gasteiger partial charge in [-0.25, -0.2) is 0 Å². The second kappa shape index (κ2) is 8.71. The van der Waals surface area contributed by atoms with Crippen molar-refractivity contribution in [1.82, 2.24) is 9.80 Å². The van der Waals surface area contributed by atoms with E-state index in [1.165, 1.54) is 25.2 Å². The fourth-order valence-corrected chi connectivity index (χ4v) is 4.40. The summed E-state index contributed by atoms with van der Waals surface area (Å²) >= 11 is 3.36. The van der Waals surface area contributed by atoms with E-state index < -0.39 is 17.1 Å². The first-order chi connectivity index (χ1) is 15.7. The number of nitrogens with zero attached hydrogens (tertiary/aromatic N) is 2. The van der Waals surface area contributed by atoms with E-state index >= 15 is 0 Å². The summed E-state index contributed by atoms with van der Waals surface area (Å²) in [6.07, 6.45) is 0.561. The van der Waals surface area contributed by atoms with Crippen LogP contribution in [-0.2, 0) is 5.72 Å². The van der Waals surface area contributed by atoms with Gasteiger partial charge in [0.25, 0.3) is 5.91 Å². The fourth-order valence-electron chi connectivity index (χ4n) is 4.04. The van der Waals surface area contributed by atoms with Crippen molar-refractivity contribution in [2.24, 2.45) is 0 Å². The second-order valence-corrected chi connectivity index (χ2v) is 8.89. The summed E-state index contributed by atoms with van der Waals surface area (Å²) in [4.78, 5) is 30.2. The molecule has 172 valence electrons. The van der Waals surface area contributed by atoms with Crippen LogP contribution in [0.25, 0.3) is 11.0 Å². The van der Waals surface area contributed by atoms with E-state index in [0.717, 1.165) is 0 Å². The van der Waals surface area contributed by atoms with Gasteiger partial charge >= 0.3 is 0 Å². The molecule has 8 nitrogen and oxygen atoms in total. The number of halogens is 1. The maximum atomic E-state index is 13.6. The van der Waals surface area contributed by atoms with Crippen molar-refractivity contribution in [2.45, 2.75) is 12.1 Å². The van der Waals surface area contributed by atoms with Crippen LogP contribution in [-0.4, -0.2) is 62.2 Å². The molecule has 0 bridgehead atoms. The van der Waals surface area contributed by atoms with Crippen molar-refractivity contribution in [2.75, 3.05) is 41.4 Å². The van der Waals surface area contributed by atoms with Gasteiger partial charge in [-0.05, 0) is 51.3 Å². The third kappa shape index (κ3) is 3.74. The molecule has 33 heavy (non-hydrogen) atoms. The van der Waals surface area contributed by atoms with Gasteiger partial charge in [0.05, 0.1) is 25.2 Å². The zero-order valence-electron chi connectivity index (χ0n) is 18.7. The molecule has 0 radical (unpaired) electrons. The standard InChI is InChI=1S/C24H23BrN2O6/c1-26(2)10-5-11-27-23(29)22-20(21(28)16-13-15(25)7-9-17(16)33-22)24(27,30)14-6-8-18(31-3)19(12-14)32-4/h7,9,12-13,30H,5,10-11H2,1-4H3. The summed E-state index contributed by atoms with van der Waals surface area (Å²) in [6, 6.07) is 12.1. The molecule has 0 saturated heterocycles. The molecule has 9 heteroatoms. The predicted octanol–water partition coefficient (Wildman–Crippen LogP) is 2.77. The molecule has 0 spiro atoms. The Kier molecular flexibility index (Phi) is 6.10. The molecule has 1 aliphatic heterocycles. The molecule has 1 atom stereocenters. The van der Waals surface area contributed by atoms with Gasteiger partial charge in [0, 0.05) is 17.1 Å². The van der Waals surface area contributed by atoms with E-state index in [2.05, 4.69) is 28.1 Å². The monoisotopic (exact) mass is 514 g/mol. The highest BCUT2D eigenvalue weighted by molar-refractivity contribution is 9.10. The number of fused-ring (bicyclic) bond motifs is 2. The topological polar surface area (TPSA) is 92.5 Å². The highest BCUT2D eigenvalue weighted by Crippen LogP contribution is 2.43. The highest BCUT2D eigenvalue weighted by atomic mass is 79.9. The Bertz CT molecular complexity index is 1290. The van der Waals surface area contributed by atoms with Crippen LogP contribution in [0.3, 0.4) is 0 Å². The van der Waals surface area contributed by atoms with Crippen molar-refractivity contribution in [3.05, 3.63) is 68.0 Å². The molecule has 4 rings (SSSR count). The molecule has 1 unspecified atom stereocenters. The Balaban J connectivity index is 1.97. The predicted molar refractivity (Wildman–Crippen MR) is 125 cm³/mol. The van der Waals surface area contributed by atoms with Crippen molar-refractivity contribution in [3.63, 3.8) is 0 Å². The van der Waals surface area contributed by atoms with E-state index in [1.54, 1.807) is 18.2 Å². The van der Waals surface area contributed by atoms with E-state index in [9.17, 15) is 14.7 Å². The number of carbonyl (C=O) groups excluding carboxylic acids is 1. The van der Waals surface area contributed by atoms with Gasteiger partial charge in [0.2, 0.25) is 22.7 Å². The molecule has 0 fully saturated rings. The Hall–Kier alpha value is -3.06. The molecular weight excluding hydrogens is 492 g/mol. The summed E-state index contributed by atoms with van der Waals surface area (Å²) in [5, 5.41) is 12.3. The van der Waals surface area contributed by atoms with Gasteiger partial charge in [-0.3, -0.25) is 14.5 Å². The summed E-state index contributed by atoms with van der Waals surface area (Å²) in [5.74, 6) is -0.202. The normalized spacial score (nSPS) is 17.4. The molecule has 2 aromatic carbocycles. The van der Waals surface area contributed by atoms with Crippen LogP contribution in [0.1, 0.15) is 28.1 Å². The van der Waals surface area contributed by atoms with E-state index in [1.807, 2.05) is 19.0 Å². The van der Waals surface area contributed by atoms with Crippen LogP contribution >= 0.6 is 15.9 Å². The van der Waals surface area contributed by atoms with Crippen molar-refractivity contribution in [1.29, 1.82) is 0 Å². The van der Waals surface area contributed by atoms with Crippen LogP contribution in [0.4, 0.5) is 0 Å². The number of amides is 1. The Morgan fingerprint density at radius 1 is 1.18 bits per heavy atom. The Labute approximate surface area is 199 Å². The molecule has 0 aliphatic carbocycles. The summed E-state index contributed by atoms with van der Waals surface area (Å²) in [6.45, 7) is 0.855. The Morgan fingerprint density at radius 3 is 2.61 bits per heavy atom. The van der Waals surface area contributed by atoms with Gasteiger partial charge in [-0.15, -0.1) is 0 Å². The van der Waals surface area contributed by atoms with Crippen LogP contribution in [0.15, 0.2) is 37.9 Å². The van der Waals surface area contributed by atoms with E-state index in [-0.39, 0.29) is 45.9 Å². The van der Waals surface area contributed by atoms with Crippen LogP contribution in [0, 0.1) is 12.1 Å². The lowest BCUT2D eigenvalue weighted by atomic mass is 9.95. The van der Waals surface area contributed by atoms with Gasteiger partial charge in [-0.2, -0.15) is 0 Å². The number of rotatable bonds is 7. The van der Waals surface area contributed by atoms with Gasteiger partial charge in [0.1, 0.15) is 11.1 Å². The fraction of sp³-hybridized carbons (Fsp3) is 0.333. The van der Waals surface area contributed by atoms with Crippen molar-refractivity contribution >= 4 is 32.8 Å². The number of hydrogen-bond donors (Lipinski definition) is 1. The average molecular weight is 515 g/mol. The molecular formula is C24H23BrN2O6. The van der Waals surface area contributed by atoms with Crippen LogP contribution in [0.2, 0.25) is 0 Å². The van der Waals surface area contributed by atoms with Crippen LogP contribution in [0.5, 0.6) is 11.5 Å². The zero-order valence-corrected chi connectivity index (χ0v) is 20.3. The number of hydrogen-bond acceptors (Lipinski definition) is 7. The van der Waals surface area contributed by atoms with E-state index in [4.69, 9.17) is 13.9 Å². The van der Waals surface area contributed by atoms with Gasteiger partial charge in [0.15, 0.2) is 5.75 Å². The smallest absolute Gasteiger partial charge is 0.293 e. The van der Waals surface area contributed by atoms with Crippen LogP contribution < -0.4 is 14.9 Å². The van der Waals surface area contributed by atoms with Crippen molar-refractivity contribution < 1.29 is 23.8 Å². The summed E-state index contributed by atoms with van der Waals surface area (Å²) < 4.78 is 17.1. The molecule has 1 N–H and O–H groups in total. The lowest BCUT2D eigenvalue weighted by Gasteiger charge is -2.33. The summed E-state index contributed by atoms with van der Waals surface area (Å²) in [7, 11) is 6.73. The highest BCUT2D eigenvalue weighted by Gasteiger charge is 2.54. The second-order valence-electron chi connectivity index (χ2n) is 7.97. The molecule has 3 aromatic rings. The SMILES string of the molecule is COc1c#cc(C2(O)c3c(oc4ccc(Br)cc4c3=O)C(=O)N2CCCN(C)C)cc1OC. The average Bonchev–Trinajstić information content (AvgIpc) is 3.01. The third-order valence-corrected chi connectivity index (χ3v) is 6.12. The van der Waals surface area contributed by atoms with Gasteiger partial charge < -0.3 is 23.9 Å². The largest absolute Gasteiger partial charge is 0.492 e. The molecule has 1 aromatic heterocycles. The lowest BCUT2D eigenvalue weighted by Crippen LogP contribution is -2.47. The first-order valence-electron chi connectivity index (χ1n) is 10.2. The third-order valence-electron chi connectivity index (χ3n) is 5.63. The minimum absolute atomic E-state index is 0.124. The Morgan fingerprint density at radius 2 is 1.94 bits per heavy atom. The molecule has 1 aliphatic rings. The van der Waals surface area contributed by atoms with Crippen molar-refractivity contribution in [3.8, 4) is 11.5 Å². The number of benzene rings is 1. The van der Waals surface area contributed by atoms with Gasteiger partial charge in [-0.1, -0.05) is 22.0 Å². The molecule has 2 heterocycles. The first-order valence-corrected chi connectivity index (χ1v) is 11.0. The number of methoxy groups -OCH3 is 2. The maximum absolute atomic E-state index is 13.6. The first kappa shape index (κ1) is 23.1. The molecule has 0 saturated carbocycles. The number of aliphatic hydroxyl groups is 1. The summed E-state index contributed by atoms with van der Waals surface area (Å²) in [5.41, 5.74) is -2.39. The molecule has 1 amide bonds. The number of carbonyl (C=O) groups is 1. The minimum atomic E-state index is -2.12. The van der Waals surface area contributed by atoms with E-state index in [0.29, 0.717) is 17.4 Å².